The smallest absolute Gasteiger partial charge is 0.248 e. The number of aromatic nitrogens is 1. The van der Waals surface area contributed by atoms with Gasteiger partial charge >= 0.3 is 0 Å². The molecule has 0 saturated carbocycles. The maximum absolute atomic E-state index is 11.5. The van der Waals surface area contributed by atoms with Gasteiger partial charge in [-0.3, -0.25) is 9.59 Å². The number of H-pyrrole nitrogens is 1. The summed E-state index contributed by atoms with van der Waals surface area (Å²) in [5, 5.41) is 0.884. The standard InChI is InChI=1S/C13H13NO3/c1-3-8-6-12(16)14-13-9(8)4-5-11(17-2)10(13)7-15/h4-7H,3H2,1-2H3,(H,14,16). The van der Waals surface area contributed by atoms with Crippen molar-refractivity contribution in [2.75, 3.05) is 7.11 Å². The summed E-state index contributed by atoms with van der Waals surface area (Å²) >= 11 is 0. The molecule has 4 heteroatoms. The van der Waals surface area contributed by atoms with Crippen LogP contribution in [0.15, 0.2) is 23.0 Å². The van der Waals surface area contributed by atoms with Crippen LogP contribution in [-0.2, 0) is 6.42 Å². The van der Waals surface area contributed by atoms with Gasteiger partial charge in [0.2, 0.25) is 5.56 Å². The molecule has 0 unspecified atom stereocenters. The summed E-state index contributed by atoms with van der Waals surface area (Å²) in [6, 6.07) is 5.16. The van der Waals surface area contributed by atoms with Crippen LogP contribution in [0.25, 0.3) is 10.9 Å². The summed E-state index contributed by atoms with van der Waals surface area (Å²) in [6.45, 7) is 1.97. The van der Waals surface area contributed by atoms with Crippen molar-refractivity contribution in [1.82, 2.24) is 4.98 Å². The number of ether oxygens (including phenoxy) is 1. The number of pyridine rings is 1. The van der Waals surface area contributed by atoms with E-state index in [1.807, 2.05) is 13.0 Å². The molecule has 4 nitrogen and oxygen atoms in total. The second-order valence-electron chi connectivity index (χ2n) is 3.73. The summed E-state index contributed by atoms with van der Waals surface area (Å²) in [5.74, 6) is 0.469. The lowest BCUT2D eigenvalue weighted by molar-refractivity contribution is 0.112. The third-order valence-corrected chi connectivity index (χ3v) is 2.82. The van der Waals surface area contributed by atoms with Crippen molar-refractivity contribution in [3.8, 4) is 5.75 Å². The molecule has 0 amide bonds. The van der Waals surface area contributed by atoms with Crippen molar-refractivity contribution >= 4 is 17.2 Å². The molecule has 2 aromatic rings. The molecule has 0 saturated heterocycles. The summed E-state index contributed by atoms with van der Waals surface area (Å²) in [6.07, 6.45) is 1.45. The van der Waals surface area contributed by atoms with Crippen molar-refractivity contribution < 1.29 is 9.53 Å². The van der Waals surface area contributed by atoms with Crippen LogP contribution >= 0.6 is 0 Å². The van der Waals surface area contributed by atoms with Crippen LogP contribution in [0.5, 0.6) is 5.75 Å². The number of aryl methyl sites for hydroxylation is 1. The zero-order valence-corrected chi connectivity index (χ0v) is 9.74. The number of hydrogen-bond acceptors (Lipinski definition) is 3. The van der Waals surface area contributed by atoms with Crippen LogP contribution in [0.2, 0.25) is 0 Å². The first-order valence-electron chi connectivity index (χ1n) is 5.39. The van der Waals surface area contributed by atoms with E-state index in [0.717, 1.165) is 17.4 Å². The van der Waals surface area contributed by atoms with Gasteiger partial charge in [-0.15, -0.1) is 0 Å². The number of benzene rings is 1. The highest BCUT2D eigenvalue weighted by Crippen LogP contribution is 2.26. The fourth-order valence-corrected chi connectivity index (χ4v) is 1.99. The zero-order valence-electron chi connectivity index (χ0n) is 9.74. The molecule has 0 atom stereocenters. The van der Waals surface area contributed by atoms with E-state index in [1.165, 1.54) is 7.11 Å². The quantitative estimate of drug-likeness (QED) is 0.821. The molecule has 0 aliphatic carbocycles. The third-order valence-electron chi connectivity index (χ3n) is 2.82. The van der Waals surface area contributed by atoms with Gasteiger partial charge in [0.1, 0.15) is 5.75 Å². The summed E-state index contributed by atoms with van der Waals surface area (Å²) in [5.41, 5.74) is 1.65. The SMILES string of the molecule is CCc1cc(=O)[nH]c2c(C=O)c(OC)ccc12. The molecule has 2 rings (SSSR count). The monoisotopic (exact) mass is 231 g/mol. The van der Waals surface area contributed by atoms with Crippen molar-refractivity contribution in [2.45, 2.75) is 13.3 Å². The van der Waals surface area contributed by atoms with Crippen LogP contribution in [0.4, 0.5) is 0 Å². The average molecular weight is 231 g/mol. The fourth-order valence-electron chi connectivity index (χ4n) is 1.99. The maximum Gasteiger partial charge on any atom is 0.248 e. The van der Waals surface area contributed by atoms with Gasteiger partial charge in [0.25, 0.3) is 0 Å². The van der Waals surface area contributed by atoms with E-state index in [0.29, 0.717) is 23.1 Å². The Bertz CT molecular complexity index is 628. The lowest BCUT2D eigenvalue weighted by Gasteiger charge is -2.09. The van der Waals surface area contributed by atoms with Crippen molar-refractivity contribution in [2.24, 2.45) is 0 Å². The molecule has 1 aromatic heterocycles. The number of rotatable bonds is 3. The van der Waals surface area contributed by atoms with Gasteiger partial charge in [-0.25, -0.2) is 0 Å². The van der Waals surface area contributed by atoms with Crippen LogP contribution < -0.4 is 10.3 Å². The Morgan fingerprint density at radius 1 is 1.41 bits per heavy atom. The molecule has 88 valence electrons. The van der Waals surface area contributed by atoms with Crippen molar-refractivity contribution in [3.63, 3.8) is 0 Å². The fraction of sp³-hybridized carbons (Fsp3) is 0.231. The Hall–Kier alpha value is -2.10. The van der Waals surface area contributed by atoms with E-state index < -0.39 is 0 Å². The molecule has 1 heterocycles. The predicted molar refractivity (Wildman–Crippen MR) is 65.9 cm³/mol. The lowest BCUT2D eigenvalue weighted by atomic mass is 10.0. The first-order valence-corrected chi connectivity index (χ1v) is 5.39. The largest absolute Gasteiger partial charge is 0.496 e. The molecule has 1 N–H and O–H groups in total. The molecule has 0 radical (unpaired) electrons. The van der Waals surface area contributed by atoms with Gasteiger partial charge in [0, 0.05) is 11.5 Å². The van der Waals surface area contributed by atoms with Gasteiger partial charge in [0.15, 0.2) is 6.29 Å². The molecule has 17 heavy (non-hydrogen) atoms. The molecule has 0 spiro atoms. The first kappa shape index (κ1) is 11.4. The van der Waals surface area contributed by atoms with Crippen molar-refractivity contribution in [3.05, 3.63) is 39.7 Å². The number of methoxy groups -OCH3 is 1. The van der Waals surface area contributed by atoms with E-state index in [4.69, 9.17) is 4.74 Å². The number of carbonyl (C=O) groups is 1. The molecule has 0 bridgehead atoms. The number of carbonyl (C=O) groups excluding carboxylic acids is 1. The Labute approximate surface area is 98.2 Å². The van der Waals surface area contributed by atoms with Gasteiger partial charge in [0.05, 0.1) is 18.2 Å². The van der Waals surface area contributed by atoms with E-state index in [2.05, 4.69) is 4.98 Å². The minimum absolute atomic E-state index is 0.203. The second-order valence-corrected chi connectivity index (χ2v) is 3.73. The molecule has 0 aliphatic heterocycles. The van der Waals surface area contributed by atoms with E-state index in [9.17, 15) is 9.59 Å². The van der Waals surface area contributed by atoms with Gasteiger partial charge in [-0.1, -0.05) is 6.92 Å². The number of aldehydes is 1. The third kappa shape index (κ3) is 1.82. The molecular weight excluding hydrogens is 218 g/mol. The highest BCUT2D eigenvalue weighted by Gasteiger charge is 2.10. The minimum Gasteiger partial charge on any atom is -0.496 e. The van der Waals surface area contributed by atoms with Crippen LogP contribution in [-0.4, -0.2) is 18.4 Å². The van der Waals surface area contributed by atoms with Crippen LogP contribution in [0, 0.1) is 0 Å². The highest BCUT2D eigenvalue weighted by molar-refractivity contribution is 5.99. The summed E-state index contributed by atoms with van der Waals surface area (Å²) < 4.78 is 5.10. The topological polar surface area (TPSA) is 59.2 Å². The van der Waals surface area contributed by atoms with Gasteiger partial charge in [-0.05, 0) is 24.1 Å². The number of aromatic amines is 1. The summed E-state index contributed by atoms with van der Waals surface area (Å²) in [7, 11) is 1.50. The Kier molecular flexibility index (Phi) is 2.95. The average Bonchev–Trinajstić information content (AvgIpc) is 2.36. The second kappa shape index (κ2) is 4.41. The van der Waals surface area contributed by atoms with E-state index in [1.54, 1.807) is 12.1 Å². The molecule has 1 aromatic carbocycles. The number of hydrogen-bond donors (Lipinski definition) is 1. The molecular formula is C13H13NO3. The van der Waals surface area contributed by atoms with Gasteiger partial charge in [-0.2, -0.15) is 0 Å². The Balaban J connectivity index is 2.93. The Morgan fingerprint density at radius 3 is 2.76 bits per heavy atom. The lowest BCUT2D eigenvalue weighted by Crippen LogP contribution is -2.08. The highest BCUT2D eigenvalue weighted by atomic mass is 16.5. The zero-order chi connectivity index (χ0) is 12.4. The first-order chi connectivity index (χ1) is 8.21. The van der Waals surface area contributed by atoms with E-state index >= 15 is 0 Å². The maximum atomic E-state index is 11.5. The predicted octanol–water partition coefficient (Wildman–Crippen LogP) is 1.91. The Morgan fingerprint density at radius 2 is 2.18 bits per heavy atom. The van der Waals surface area contributed by atoms with E-state index in [-0.39, 0.29) is 5.56 Å². The number of nitrogens with one attached hydrogen (secondary N) is 1. The van der Waals surface area contributed by atoms with Crippen molar-refractivity contribution in [1.29, 1.82) is 0 Å². The van der Waals surface area contributed by atoms with Crippen LogP contribution in [0.1, 0.15) is 22.8 Å². The molecule has 0 fully saturated rings. The number of fused-ring (bicyclic) bond motifs is 1. The molecule has 0 aliphatic rings. The van der Waals surface area contributed by atoms with Gasteiger partial charge < -0.3 is 9.72 Å². The van der Waals surface area contributed by atoms with Crippen LogP contribution in [0.3, 0.4) is 0 Å². The normalized spacial score (nSPS) is 10.5. The minimum atomic E-state index is -0.203. The summed E-state index contributed by atoms with van der Waals surface area (Å²) in [4.78, 5) is 25.3.